The zero-order valence-electron chi connectivity index (χ0n) is 9.54. The van der Waals surface area contributed by atoms with Crippen LogP contribution >= 0.6 is 27.3 Å². The number of nitrogens with one attached hydrogen (secondary N) is 2. The van der Waals surface area contributed by atoms with Crippen LogP contribution in [0.1, 0.15) is 9.67 Å². The Morgan fingerprint density at radius 2 is 2.24 bits per heavy atom. The molecule has 2 N–H and O–H groups in total. The van der Waals surface area contributed by atoms with Crippen LogP contribution < -0.4 is 10.6 Å². The molecule has 0 aromatic carbocycles. The Morgan fingerprint density at radius 1 is 1.47 bits per heavy atom. The van der Waals surface area contributed by atoms with Gasteiger partial charge < -0.3 is 10.6 Å². The zero-order chi connectivity index (χ0) is 12.1. The predicted molar refractivity (Wildman–Crippen MR) is 73.7 cm³/mol. The second-order valence-corrected chi connectivity index (χ2v) is 6.41. The quantitative estimate of drug-likeness (QED) is 0.875. The van der Waals surface area contributed by atoms with E-state index in [1.807, 2.05) is 12.1 Å². The highest BCUT2D eigenvalue weighted by Crippen LogP contribution is 2.21. The number of thiophene rings is 1. The van der Waals surface area contributed by atoms with Gasteiger partial charge in [0.1, 0.15) is 0 Å². The molecule has 6 heteroatoms. The molecule has 94 valence electrons. The summed E-state index contributed by atoms with van der Waals surface area (Å²) in [5.74, 6) is 0.0239. The van der Waals surface area contributed by atoms with Crippen molar-refractivity contribution in [1.82, 2.24) is 15.5 Å². The monoisotopic (exact) mass is 317 g/mol. The molecular formula is C11H16BrN3OS. The second kappa shape index (κ2) is 6.49. The van der Waals surface area contributed by atoms with Gasteiger partial charge in [-0.15, -0.1) is 11.3 Å². The number of nitrogens with zero attached hydrogens (tertiary/aromatic N) is 1. The summed E-state index contributed by atoms with van der Waals surface area (Å²) in [6.07, 6.45) is 0. The first-order chi connectivity index (χ1) is 8.25. The van der Waals surface area contributed by atoms with Gasteiger partial charge in [-0.3, -0.25) is 9.69 Å². The van der Waals surface area contributed by atoms with E-state index in [9.17, 15) is 4.79 Å². The van der Waals surface area contributed by atoms with Gasteiger partial charge in [0.15, 0.2) is 0 Å². The van der Waals surface area contributed by atoms with Crippen molar-refractivity contribution >= 4 is 33.2 Å². The first-order valence-corrected chi connectivity index (χ1v) is 7.33. The lowest BCUT2D eigenvalue weighted by Gasteiger charge is -2.26. The van der Waals surface area contributed by atoms with E-state index in [2.05, 4.69) is 31.5 Å². The standard InChI is InChI=1S/C11H16BrN3OS/c12-10-2-1-9(17-10)11(16)14-5-8-15-6-3-13-4-7-15/h1-2,13H,3-8H2,(H,14,16). The van der Waals surface area contributed by atoms with E-state index in [-0.39, 0.29) is 5.91 Å². The van der Waals surface area contributed by atoms with Gasteiger partial charge in [-0.2, -0.15) is 0 Å². The van der Waals surface area contributed by atoms with Crippen molar-refractivity contribution in [1.29, 1.82) is 0 Å². The first-order valence-electron chi connectivity index (χ1n) is 5.72. The maximum atomic E-state index is 11.7. The number of carbonyl (C=O) groups excluding carboxylic acids is 1. The molecule has 1 amide bonds. The van der Waals surface area contributed by atoms with Crippen molar-refractivity contribution < 1.29 is 4.79 Å². The Bertz CT molecular complexity index is 377. The molecule has 17 heavy (non-hydrogen) atoms. The van der Waals surface area contributed by atoms with Crippen LogP contribution in [0.4, 0.5) is 0 Å². The fourth-order valence-electron chi connectivity index (χ4n) is 1.79. The Labute approximate surface area is 114 Å². The van der Waals surface area contributed by atoms with Crippen molar-refractivity contribution in [2.24, 2.45) is 0 Å². The molecular weight excluding hydrogens is 302 g/mol. The minimum Gasteiger partial charge on any atom is -0.350 e. The summed E-state index contributed by atoms with van der Waals surface area (Å²) >= 11 is 4.82. The minimum atomic E-state index is 0.0239. The smallest absolute Gasteiger partial charge is 0.261 e. The van der Waals surface area contributed by atoms with Crippen LogP contribution in [-0.2, 0) is 0 Å². The summed E-state index contributed by atoms with van der Waals surface area (Å²) < 4.78 is 0.991. The van der Waals surface area contributed by atoms with Crippen molar-refractivity contribution in [3.63, 3.8) is 0 Å². The molecule has 0 spiro atoms. The van der Waals surface area contributed by atoms with E-state index < -0.39 is 0 Å². The average molecular weight is 318 g/mol. The molecule has 0 bridgehead atoms. The third-order valence-electron chi connectivity index (χ3n) is 2.72. The largest absolute Gasteiger partial charge is 0.350 e. The van der Waals surface area contributed by atoms with Crippen LogP contribution in [0, 0.1) is 0 Å². The lowest BCUT2D eigenvalue weighted by molar-refractivity contribution is 0.0951. The van der Waals surface area contributed by atoms with Gasteiger partial charge in [-0.25, -0.2) is 0 Å². The topological polar surface area (TPSA) is 44.4 Å². The Morgan fingerprint density at radius 3 is 2.88 bits per heavy atom. The minimum absolute atomic E-state index is 0.0239. The van der Waals surface area contributed by atoms with E-state index in [1.165, 1.54) is 11.3 Å². The third-order valence-corrected chi connectivity index (χ3v) is 4.34. The third kappa shape index (κ3) is 4.06. The highest BCUT2D eigenvalue weighted by molar-refractivity contribution is 9.11. The Balaban J connectivity index is 1.69. The molecule has 2 rings (SSSR count). The summed E-state index contributed by atoms with van der Waals surface area (Å²) in [5.41, 5.74) is 0. The van der Waals surface area contributed by atoms with Crippen LogP contribution in [0.3, 0.4) is 0 Å². The highest BCUT2D eigenvalue weighted by Gasteiger charge is 2.11. The lowest BCUT2D eigenvalue weighted by Crippen LogP contribution is -2.46. The molecule has 0 atom stereocenters. The molecule has 0 saturated carbocycles. The molecule has 1 fully saturated rings. The maximum absolute atomic E-state index is 11.7. The van der Waals surface area contributed by atoms with Gasteiger partial charge in [0, 0.05) is 39.3 Å². The van der Waals surface area contributed by atoms with E-state index >= 15 is 0 Å². The van der Waals surface area contributed by atoms with Gasteiger partial charge in [0.05, 0.1) is 8.66 Å². The molecule has 0 aliphatic carbocycles. The number of hydrogen-bond donors (Lipinski definition) is 2. The fraction of sp³-hybridized carbons (Fsp3) is 0.545. The molecule has 4 nitrogen and oxygen atoms in total. The van der Waals surface area contributed by atoms with Crippen LogP contribution in [0.25, 0.3) is 0 Å². The summed E-state index contributed by atoms with van der Waals surface area (Å²) in [6.45, 7) is 5.88. The first kappa shape index (κ1) is 13.0. The molecule has 1 aromatic rings. The predicted octanol–water partition coefficient (Wildman–Crippen LogP) is 1.15. The van der Waals surface area contributed by atoms with Crippen LogP contribution in [0.2, 0.25) is 0 Å². The Kier molecular flexibility index (Phi) is 4.97. The summed E-state index contributed by atoms with van der Waals surface area (Å²) in [4.78, 5) is 14.9. The van der Waals surface area contributed by atoms with E-state index in [0.717, 1.165) is 41.4 Å². The fourth-order valence-corrected chi connectivity index (χ4v) is 3.09. The van der Waals surface area contributed by atoms with Gasteiger partial charge in [0.25, 0.3) is 5.91 Å². The van der Waals surface area contributed by atoms with Crippen LogP contribution in [0.15, 0.2) is 15.9 Å². The molecule has 1 aromatic heterocycles. The average Bonchev–Trinajstić information content (AvgIpc) is 2.77. The molecule has 0 radical (unpaired) electrons. The zero-order valence-corrected chi connectivity index (χ0v) is 11.9. The molecule has 2 heterocycles. The van der Waals surface area contributed by atoms with Crippen LogP contribution in [-0.4, -0.2) is 50.1 Å². The molecule has 0 unspecified atom stereocenters. The van der Waals surface area contributed by atoms with Gasteiger partial charge >= 0.3 is 0 Å². The molecule has 1 aliphatic heterocycles. The number of halogens is 1. The number of carbonyl (C=O) groups is 1. The molecule has 1 saturated heterocycles. The maximum Gasteiger partial charge on any atom is 0.261 e. The van der Waals surface area contributed by atoms with Crippen molar-refractivity contribution in [3.05, 3.63) is 20.8 Å². The van der Waals surface area contributed by atoms with Crippen molar-refractivity contribution in [2.45, 2.75) is 0 Å². The number of hydrogen-bond acceptors (Lipinski definition) is 4. The highest BCUT2D eigenvalue weighted by atomic mass is 79.9. The number of amides is 1. The lowest BCUT2D eigenvalue weighted by atomic mass is 10.3. The van der Waals surface area contributed by atoms with Gasteiger partial charge in [-0.1, -0.05) is 0 Å². The van der Waals surface area contributed by atoms with E-state index in [0.29, 0.717) is 6.54 Å². The van der Waals surface area contributed by atoms with Crippen molar-refractivity contribution in [2.75, 3.05) is 39.3 Å². The van der Waals surface area contributed by atoms with Gasteiger partial charge in [0.2, 0.25) is 0 Å². The van der Waals surface area contributed by atoms with Crippen LogP contribution in [0.5, 0.6) is 0 Å². The van der Waals surface area contributed by atoms with E-state index in [4.69, 9.17) is 0 Å². The number of piperazine rings is 1. The van der Waals surface area contributed by atoms with Crippen molar-refractivity contribution in [3.8, 4) is 0 Å². The summed E-state index contributed by atoms with van der Waals surface area (Å²) in [5, 5.41) is 6.26. The second-order valence-electron chi connectivity index (χ2n) is 3.95. The summed E-state index contributed by atoms with van der Waals surface area (Å²) in [6, 6.07) is 3.74. The summed E-state index contributed by atoms with van der Waals surface area (Å²) in [7, 11) is 0. The van der Waals surface area contributed by atoms with Gasteiger partial charge in [-0.05, 0) is 28.1 Å². The number of rotatable bonds is 4. The normalized spacial score (nSPS) is 17.0. The van der Waals surface area contributed by atoms with E-state index in [1.54, 1.807) is 0 Å². The Hall–Kier alpha value is -0.430. The molecule has 1 aliphatic rings. The SMILES string of the molecule is O=C(NCCN1CCNCC1)c1ccc(Br)s1.